The van der Waals surface area contributed by atoms with Crippen molar-refractivity contribution in [2.75, 3.05) is 20.3 Å². The molecule has 3 saturated heterocycles. The van der Waals surface area contributed by atoms with Gasteiger partial charge in [0, 0.05) is 19.6 Å². The Balaban J connectivity index is 1.85. The minimum atomic E-state index is -4.79. The molecule has 0 spiro atoms. The summed E-state index contributed by atoms with van der Waals surface area (Å²) in [6, 6.07) is -2.17. The molecule has 118 valence electrons. The molecule has 3 amide bonds. The molecule has 0 aromatic carbocycles. The smallest absolute Gasteiger partial charge is 0.383 e. The Morgan fingerprint density at radius 2 is 2.14 bits per heavy atom. The summed E-state index contributed by atoms with van der Waals surface area (Å²) in [6.45, 7) is 0.490. The number of amides is 3. The van der Waals surface area contributed by atoms with Crippen molar-refractivity contribution < 1.29 is 31.6 Å². The van der Waals surface area contributed by atoms with E-state index in [4.69, 9.17) is 9.29 Å². The number of methoxy groups -OCH3 is 1. The zero-order chi connectivity index (χ0) is 15.4. The minimum Gasteiger partial charge on any atom is -0.383 e. The Hall–Kier alpha value is -1.43. The average molecular weight is 321 g/mol. The summed E-state index contributed by atoms with van der Waals surface area (Å²) in [5, 5.41) is 3.41. The first kappa shape index (κ1) is 14.5. The van der Waals surface area contributed by atoms with Gasteiger partial charge in [-0.15, -0.1) is 4.28 Å². The van der Waals surface area contributed by atoms with E-state index in [-0.39, 0.29) is 24.4 Å². The second-order valence-electron chi connectivity index (χ2n) is 5.33. The first-order chi connectivity index (χ1) is 9.81. The molecule has 4 unspecified atom stereocenters. The number of rotatable bonds is 4. The van der Waals surface area contributed by atoms with Crippen molar-refractivity contribution in [2.24, 2.45) is 5.92 Å². The number of piperidine rings is 1. The zero-order valence-corrected chi connectivity index (χ0v) is 11.9. The number of ether oxygens (including phenoxy) is 1. The fourth-order valence-electron chi connectivity index (χ4n) is 3.37. The SMILES string of the molecule is COCC1NC(=O)C2C1CC1CN2C(=O)N1OS(=O)(=O)O. The van der Waals surface area contributed by atoms with Gasteiger partial charge in [-0.2, -0.15) is 13.5 Å². The molecule has 3 rings (SSSR count). The van der Waals surface area contributed by atoms with Gasteiger partial charge in [-0.3, -0.25) is 9.35 Å². The highest BCUT2D eigenvalue weighted by atomic mass is 32.3. The maximum Gasteiger partial charge on any atom is 0.418 e. The van der Waals surface area contributed by atoms with Crippen molar-refractivity contribution >= 4 is 22.3 Å². The van der Waals surface area contributed by atoms with Gasteiger partial charge in [0.15, 0.2) is 0 Å². The van der Waals surface area contributed by atoms with Crippen molar-refractivity contribution in [3.8, 4) is 0 Å². The van der Waals surface area contributed by atoms with Gasteiger partial charge in [0.05, 0.1) is 18.7 Å². The number of hydroxylamine groups is 2. The Bertz CT molecular complexity index is 579. The van der Waals surface area contributed by atoms with Crippen LogP contribution < -0.4 is 5.32 Å². The number of nitrogens with zero attached hydrogens (tertiary/aromatic N) is 2. The molecule has 3 fully saturated rings. The van der Waals surface area contributed by atoms with Crippen LogP contribution in [0.2, 0.25) is 0 Å². The highest BCUT2D eigenvalue weighted by Gasteiger charge is 2.58. The number of urea groups is 1. The fraction of sp³-hybridized carbons (Fsp3) is 0.800. The van der Waals surface area contributed by atoms with Crippen molar-refractivity contribution in [1.29, 1.82) is 0 Å². The third-order valence-corrected chi connectivity index (χ3v) is 4.44. The fourth-order valence-corrected chi connectivity index (χ4v) is 3.76. The molecule has 2 N–H and O–H groups in total. The summed E-state index contributed by atoms with van der Waals surface area (Å²) >= 11 is 0. The first-order valence-electron chi connectivity index (χ1n) is 6.38. The van der Waals surface area contributed by atoms with Gasteiger partial charge < -0.3 is 15.0 Å². The number of nitrogens with one attached hydrogen (secondary N) is 1. The van der Waals surface area contributed by atoms with E-state index < -0.39 is 28.5 Å². The van der Waals surface area contributed by atoms with Crippen LogP contribution in [-0.2, 0) is 24.2 Å². The van der Waals surface area contributed by atoms with Crippen LogP contribution in [0.3, 0.4) is 0 Å². The Labute approximate surface area is 120 Å². The lowest BCUT2D eigenvalue weighted by Gasteiger charge is -2.32. The van der Waals surface area contributed by atoms with Crippen molar-refractivity contribution in [2.45, 2.75) is 24.5 Å². The molecular weight excluding hydrogens is 306 g/mol. The number of carbonyl (C=O) groups excluding carboxylic acids is 2. The third-order valence-electron chi connectivity index (χ3n) is 4.09. The third kappa shape index (κ3) is 2.35. The molecular formula is C10H15N3O7S. The van der Waals surface area contributed by atoms with E-state index in [1.807, 2.05) is 0 Å². The molecule has 2 bridgehead atoms. The number of fused-ring (bicyclic) bond motifs is 4. The Morgan fingerprint density at radius 3 is 2.76 bits per heavy atom. The lowest BCUT2D eigenvalue weighted by Crippen LogP contribution is -2.48. The summed E-state index contributed by atoms with van der Waals surface area (Å²) in [7, 11) is -3.28. The van der Waals surface area contributed by atoms with Crippen LogP contribution in [0.5, 0.6) is 0 Å². The van der Waals surface area contributed by atoms with E-state index in [1.54, 1.807) is 0 Å². The number of hydrogen-bond acceptors (Lipinski definition) is 6. The van der Waals surface area contributed by atoms with Crippen molar-refractivity contribution in [3.05, 3.63) is 0 Å². The quantitative estimate of drug-likeness (QED) is 0.595. The molecule has 21 heavy (non-hydrogen) atoms. The van der Waals surface area contributed by atoms with Gasteiger partial charge in [0.2, 0.25) is 5.91 Å². The van der Waals surface area contributed by atoms with E-state index in [0.717, 1.165) is 0 Å². The van der Waals surface area contributed by atoms with E-state index in [0.29, 0.717) is 18.1 Å². The van der Waals surface area contributed by atoms with Crippen LogP contribution in [0.25, 0.3) is 0 Å². The number of carbonyl (C=O) groups is 2. The molecule has 4 atom stereocenters. The summed E-state index contributed by atoms with van der Waals surface area (Å²) < 4.78 is 39.8. The van der Waals surface area contributed by atoms with Gasteiger partial charge >= 0.3 is 16.4 Å². The molecule has 3 heterocycles. The Kier molecular flexibility index (Phi) is 3.31. The molecule has 0 radical (unpaired) electrons. The maximum atomic E-state index is 12.2. The highest BCUT2D eigenvalue weighted by molar-refractivity contribution is 7.80. The van der Waals surface area contributed by atoms with Gasteiger partial charge in [-0.05, 0) is 6.42 Å². The summed E-state index contributed by atoms with van der Waals surface area (Å²) in [5.74, 6) is -0.474. The van der Waals surface area contributed by atoms with E-state index in [1.165, 1.54) is 12.0 Å². The van der Waals surface area contributed by atoms with Crippen molar-refractivity contribution in [1.82, 2.24) is 15.3 Å². The number of hydrogen-bond donors (Lipinski definition) is 2. The summed E-state index contributed by atoms with van der Waals surface area (Å²) in [5.41, 5.74) is 0. The monoisotopic (exact) mass is 321 g/mol. The highest BCUT2D eigenvalue weighted by Crippen LogP contribution is 2.38. The van der Waals surface area contributed by atoms with Gasteiger partial charge in [0.25, 0.3) is 0 Å². The maximum absolute atomic E-state index is 12.2. The molecule has 11 heteroatoms. The normalized spacial score (nSPS) is 35.1. The lowest BCUT2D eigenvalue weighted by atomic mass is 9.86. The second-order valence-corrected chi connectivity index (χ2v) is 6.34. The molecule has 10 nitrogen and oxygen atoms in total. The van der Waals surface area contributed by atoms with Crippen molar-refractivity contribution in [3.63, 3.8) is 0 Å². The molecule has 0 aromatic rings. The molecule has 0 aliphatic carbocycles. The Morgan fingerprint density at radius 1 is 1.43 bits per heavy atom. The van der Waals surface area contributed by atoms with Crippen LogP contribution in [0.1, 0.15) is 6.42 Å². The van der Waals surface area contributed by atoms with Gasteiger partial charge in [-0.1, -0.05) is 0 Å². The van der Waals surface area contributed by atoms with Crippen LogP contribution in [0.4, 0.5) is 4.79 Å². The predicted octanol–water partition coefficient (Wildman–Crippen LogP) is -1.64. The predicted molar refractivity (Wildman–Crippen MR) is 66.1 cm³/mol. The summed E-state index contributed by atoms with van der Waals surface area (Å²) in [6.07, 6.45) is 0.384. The second kappa shape index (κ2) is 4.80. The lowest BCUT2D eigenvalue weighted by molar-refractivity contribution is -0.123. The average Bonchev–Trinajstić information content (AvgIpc) is 2.81. The van der Waals surface area contributed by atoms with Crippen LogP contribution >= 0.6 is 0 Å². The topological polar surface area (TPSA) is 125 Å². The van der Waals surface area contributed by atoms with Gasteiger partial charge in [-0.25, -0.2) is 4.79 Å². The molecule has 0 aromatic heterocycles. The molecule has 3 aliphatic rings. The first-order valence-corrected chi connectivity index (χ1v) is 7.74. The zero-order valence-electron chi connectivity index (χ0n) is 11.1. The van der Waals surface area contributed by atoms with E-state index >= 15 is 0 Å². The van der Waals surface area contributed by atoms with E-state index in [9.17, 15) is 18.0 Å². The summed E-state index contributed by atoms with van der Waals surface area (Å²) in [4.78, 5) is 25.5. The van der Waals surface area contributed by atoms with Crippen LogP contribution in [-0.4, -0.2) is 73.3 Å². The van der Waals surface area contributed by atoms with Crippen LogP contribution in [0, 0.1) is 5.92 Å². The standard InChI is InChI=1S/C10H15N3O7S/c1-19-4-7-6-2-5-3-12(8(6)9(14)11-7)10(15)13(5)20-21(16,17)18/h5-8H,2-4H2,1H3,(H,11,14)(H,16,17,18). The van der Waals surface area contributed by atoms with Crippen LogP contribution in [0.15, 0.2) is 0 Å². The largest absolute Gasteiger partial charge is 0.418 e. The molecule has 3 aliphatic heterocycles. The minimum absolute atomic E-state index is 0.183. The van der Waals surface area contributed by atoms with E-state index in [2.05, 4.69) is 9.60 Å². The molecule has 0 saturated carbocycles. The van der Waals surface area contributed by atoms with Gasteiger partial charge in [0.1, 0.15) is 6.04 Å².